The lowest BCUT2D eigenvalue weighted by atomic mass is 10.0. The summed E-state index contributed by atoms with van der Waals surface area (Å²) in [5, 5.41) is 3.46. The van der Waals surface area contributed by atoms with Crippen LogP contribution in [0, 0.1) is 0 Å². The number of hydrogen-bond donors (Lipinski definition) is 2. The molecule has 0 aliphatic heterocycles. The SMILES string of the molecule is CCCCCCCCCCCCCCC(=CN)NCc1ccccc1. The lowest BCUT2D eigenvalue weighted by Crippen LogP contribution is -2.14. The second-order valence-electron chi connectivity index (χ2n) is 7.17. The monoisotopic (exact) mass is 344 g/mol. The van der Waals surface area contributed by atoms with Gasteiger partial charge in [0, 0.05) is 18.4 Å². The molecule has 0 saturated carbocycles. The van der Waals surface area contributed by atoms with E-state index in [1.165, 1.54) is 88.3 Å². The van der Waals surface area contributed by atoms with E-state index in [1.807, 2.05) is 0 Å². The van der Waals surface area contributed by atoms with Crippen LogP contribution in [0.15, 0.2) is 42.2 Å². The minimum Gasteiger partial charge on any atom is -0.403 e. The van der Waals surface area contributed by atoms with Gasteiger partial charge in [-0.1, -0.05) is 108 Å². The molecule has 1 rings (SSSR count). The number of allylic oxidation sites excluding steroid dienone is 1. The number of nitrogens with one attached hydrogen (secondary N) is 1. The van der Waals surface area contributed by atoms with E-state index >= 15 is 0 Å². The van der Waals surface area contributed by atoms with Crippen molar-refractivity contribution in [3.05, 3.63) is 47.8 Å². The maximum Gasteiger partial charge on any atom is 0.0398 e. The molecule has 0 radical (unpaired) electrons. The van der Waals surface area contributed by atoms with Crippen molar-refractivity contribution in [2.75, 3.05) is 0 Å². The molecule has 0 atom stereocenters. The van der Waals surface area contributed by atoms with Gasteiger partial charge in [-0.15, -0.1) is 0 Å². The Morgan fingerprint density at radius 1 is 0.800 bits per heavy atom. The number of nitrogens with two attached hydrogens (primary N) is 1. The zero-order chi connectivity index (χ0) is 18.0. The van der Waals surface area contributed by atoms with Gasteiger partial charge in [-0.25, -0.2) is 0 Å². The summed E-state index contributed by atoms with van der Waals surface area (Å²) in [5.41, 5.74) is 8.23. The summed E-state index contributed by atoms with van der Waals surface area (Å²) >= 11 is 0. The van der Waals surface area contributed by atoms with E-state index in [0.717, 1.165) is 13.0 Å². The lowest BCUT2D eigenvalue weighted by Gasteiger charge is -2.10. The van der Waals surface area contributed by atoms with Crippen molar-refractivity contribution in [2.24, 2.45) is 5.73 Å². The second-order valence-corrected chi connectivity index (χ2v) is 7.17. The molecular weight excluding hydrogens is 304 g/mol. The Kier molecular flexibility index (Phi) is 13.9. The van der Waals surface area contributed by atoms with E-state index in [0.29, 0.717) is 0 Å². The zero-order valence-corrected chi connectivity index (χ0v) is 16.4. The Hall–Kier alpha value is -1.44. The second kappa shape index (κ2) is 16.1. The van der Waals surface area contributed by atoms with Gasteiger partial charge in [-0.3, -0.25) is 0 Å². The molecule has 0 amide bonds. The average molecular weight is 345 g/mol. The molecule has 1 aromatic carbocycles. The van der Waals surface area contributed by atoms with Crippen molar-refractivity contribution in [1.82, 2.24) is 5.32 Å². The van der Waals surface area contributed by atoms with Crippen LogP contribution in [0.25, 0.3) is 0 Å². The molecule has 0 aliphatic rings. The van der Waals surface area contributed by atoms with Gasteiger partial charge in [0.25, 0.3) is 0 Å². The van der Waals surface area contributed by atoms with Gasteiger partial charge in [-0.05, 0) is 18.4 Å². The summed E-state index contributed by atoms with van der Waals surface area (Å²) in [6.45, 7) is 3.15. The van der Waals surface area contributed by atoms with E-state index in [2.05, 4.69) is 42.6 Å². The first-order valence-corrected chi connectivity index (χ1v) is 10.6. The van der Waals surface area contributed by atoms with Crippen molar-refractivity contribution in [2.45, 2.75) is 96.9 Å². The van der Waals surface area contributed by atoms with Gasteiger partial charge in [-0.2, -0.15) is 0 Å². The summed E-state index contributed by atoms with van der Waals surface area (Å²) in [5.74, 6) is 0. The van der Waals surface area contributed by atoms with Crippen LogP contribution in [0.1, 0.15) is 96.0 Å². The average Bonchev–Trinajstić information content (AvgIpc) is 2.66. The predicted molar refractivity (Wildman–Crippen MR) is 111 cm³/mol. The Labute approximate surface area is 156 Å². The lowest BCUT2D eigenvalue weighted by molar-refractivity contribution is 0.541. The minimum absolute atomic E-state index is 0.863. The van der Waals surface area contributed by atoms with Crippen LogP contribution in [-0.2, 0) is 6.54 Å². The number of unbranched alkanes of at least 4 members (excludes halogenated alkanes) is 11. The Morgan fingerprint density at radius 2 is 1.32 bits per heavy atom. The third-order valence-corrected chi connectivity index (χ3v) is 4.86. The van der Waals surface area contributed by atoms with Crippen LogP contribution in [-0.4, -0.2) is 0 Å². The van der Waals surface area contributed by atoms with Crippen molar-refractivity contribution >= 4 is 0 Å². The molecule has 0 fully saturated rings. The summed E-state index contributed by atoms with van der Waals surface area (Å²) in [4.78, 5) is 0. The van der Waals surface area contributed by atoms with E-state index in [4.69, 9.17) is 5.73 Å². The van der Waals surface area contributed by atoms with E-state index < -0.39 is 0 Å². The van der Waals surface area contributed by atoms with Gasteiger partial charge < -0.3 is 11.1 Å². The Morgan fingerprint density at radius 3 is 1.84 bits per heavy atom. The van der Waals surface area contributed by atoms with Gasteiger partial charge in [0.2, 0.25) is 0 Å². The summed E-state index contributed by atoms with van der Waals surface area (Å²) in [6.07, 6.45) is 19.5. The maximum absolute atomic E-state index is 5.75. The van der Waals surface area contributed by atoms with Crippen molar-refractivity contribution in [1.29, 1.82) is 0 Å². The molecule has 0 heterocycles. The minimum atomic E-state index is 0.863. The van der Waals surface area contributed by atoms with Crippen LogP contribution in [0.4, 0.5) is 0 Å². The highest BCUT2D eigenvalue weighted by Gasteiger charge is 1.98. The molecule has 0 aliphatic carbocycles. The third-order valence-electron chi connectivity index (χ3n) is 4.86. The molecule has 2 nitrogen and oxygen atoms in total. The largest absolute Gasteiger partial charge is 0.403 e. The van der Waals surface area contributed by atoms with Crippen LogP contribution in [0.3, 0.4) is 0 Å². The van der Waals surface area contributed by atoms with Gasteiger partial charge in [0.15, 0.2) is 0 Å². The fraction of sp³-hybridized carbons (Fsp3) is 0.652. The van der Waals surface area contributed by atoms with Gasteiger partial charge in [0.1, 0.15) is 0 Å². The van der Waals surface area contributed by atoms with E-state index in [9.17, 15) is 0 Å². The quantitative estimate of drug-likeness (QED) is 0.329. The molecule has 0 bridgehead atoms. The van der Waals surface area contributed by atoms with Crippen molar-refractivity contribution in [3.63, 3.8) is 0 Å². The molecule has 3 N–H and O–H groups in total. The Balaban J connectivity index is 1.91. The molecule has 1 aromatic rings. The zero-order valence-electron chi connectivity index (χ0n) is 16.4. The topological polar surface area (TPSA) is 38.0 Å². The van der Waals surface area contributed by atoms with Crippen LogP contribution in [0.2, 0.25) is 0 Å². The van der Waals surface area contributed by atoms with Gasteiger partial charge >= 0.3 is 0 Å². The van der Waals surface area contributed by atoms with E-state index in [1.54, 1.807) is 6.20 Å². The maximum atomic E-state index is 5.75. The first kappa shape index (κ1) is 21.6. The van der Waals surface area contributed by atoms with Crippen molar-refractivity contribution < 1.29 is 0 Å². The van der Waals surface area contributed by atoms with Crippen molar-refractivity contribution in [3.8, 4) is 0 Å². The molecular formula is C23H40N2. The Bertz CT molecular complexity index is 425. The summed E-state index contributed by atoms with van der Waals surface area (Å²) in [7, 11) is 0. The molecule has 0 spiro atoms. The highest BCUT2D eigenvalue weighted by molar-refractivity contribution is 5.15. The molecule has 0 saturated heterocycles. The predicted octanol–water partition coefficient (Wildman–Crippen LogP) is 6.67. The fourth-order valence-corrected chi connectivity index (χ4v) is 3.20. The fourth-order valence-electron chi connectivity index (χ4n) is 3.20. The molecule has 0 unspecified atom stereocenters. The van der Waals surface area contributed by atoms with E-state index in [-0.39, 0.29) is 0 Å². The third kappa shape index (κ3) is 12.6. The number of rotatable bonds is 16. The highest BCUT2D eigenvalue weighted by atomic mass is 14.9. The first-order valence-electron chi connectivity index (χ1n) is 10.6. The molecule has 142 valence electrons. The molecule has 25 heavy (non-hydrogen) atoms. The van der Waals surface area contributed by atoms with Crippen LogP contribution < -0.4 is 11.1 Å². The summed E-state index contributed by atoms with van der Waals surface area (Å²) in [6, 6.07) is 10.5. The number of benzene rings is 1. The first-order chi connectivity index (χ1) is 12.4. The summed E-state index contributed by atoms with van der Waals surface area (Å²) < 4.78 is 0. The number of hydrogen-bond acceptors (Lipinski definition) is 2. The molecule has 0 aromatic heterocycles. The van der Waals surface area contributed by atoms with Crippen LogP contribution in [0.5, 0.6) is 0 Å². The smallest absolute Gasteiger partial charge is 0.0398 e. The van der Waals surface area contributed by atoms with Crippen LogP contribution >= 0.6 is 0 Å². The standard InChI is InChI=1S/C23H40N2/c1-2-3-4-5-6-7-8-9-10-11-12-16-19-23(20-24)25-21-22-17-14-13-15-18-22/h13-15,17-18,20,25H,2-12,16,19,21,24H2,1H3. The normalized spacial score (nSPS) is 11.6. The molecule has 2 heteroatoms. The highest BCUT2D eigenvalue weighted by Crippen LogP contribution is 2.13. The van der Waals surface area contributed by atoms with Gasteiger partial charge in [0.05, 0.1) is 0 Å².